The van der Waals surface area contributed by atoms with Crippen LogP contribution in [0.1, 0.15) is 49.3 Å². The molecular weight excluding hydrogens is 386 g/mol. The Hall–Kier alpha value is -2.72. The maximum Gasteiger partial charge on any atom is 0.130 e. The van der Waals surface area contributed by atoms with Crippen molar-refractivity contribution in [1.29, 1.82) is 0 Å². The van der Waals surface area contributed by atoms with Gasteiger partial charge in [-0.3, -0.25) is 0 Å². The zero-order valence-electron chi connectivity index (χ0n) is 17.6. The van der Waals surface area contributed by atoms with Crippen LogP contribution in [0.15, 0.2) is 66.9 Å². The number of aromatic nitrogens is 1. The zero-order chi connectivity index (χ0) is 20.8. The van der Waals surface area contributed by atoms with Crippen LogP contribution in [0.3, 0.4) is 0 Å². The molecule has 0 fully saturated rings. The molecule has 3 nitrogen and oxygen atoms in total. The summed E-state index contributed by atoms with van der Waals surface area (Å²) in [5, 5.41) is 3.59. The lowest BCUT2D eigenvalue weighted by molar-refractivity contribution is 0.692. The number of hydrogen-bond acceptors (Lipinski definition) is 4. The summed E-state index contributed by atoms with van der Waals surface area (Å²) in [4.78, 5) is 8.05. The van der Waals surface area contributed by atoms with Crippen LogP contribution in [-0.2, 0) is 13.0 Å². The number of rotatable bonds is 8. The summed E-state index contributed by atoms with van der Waals surface area (Å²) in [6.45, 7) is 4.17. The second-order valence-electron chi connectivity index (χ2n) is 7.91. The Bertz CT molecular complexity index is 986. The van der Waals surface area contributed by atoms with Crippen LogP contribution in [-0.4, -0.2) is 16.4 Å². The average molecular weight is 416 g/mol. The lowest BCUT2D eigenvalue weighted by atomic mass is 9.94. The summed E-state index contributed by atoms with van der Waals surface area (Å²) in [7, 11) is 0. The van der Waals surface area contributed by atoms with Gasteiger partial charge in [-0.2, -0.15) is 0 Å². The number of aryl methyl sites for hydroxylation is 1. The van der Waals surface area contributed by atoms with Crippen LogP contribution >= 0.6 is 12.2 Å². The Kier molecular flexibility index (Phi) is 6.75. The highest BCUT2D eigenvalue weighted by Gasteiger charge is 2.23. The Morgan fingerprint density at radius 2 is 1.93 bits per heavy atom. The van der Waals surface area contributed by atoms with Crippen molar-refractivity contribution in [2.45, 2.75) is 45.6 Å². The number of hydrogen-bond donors (Lipinski definition) is 1. The van der Waals surface area contributed by atoms with Crippen LogP contribution in [0.4, 0.5) is 17.2 Å². The van der Waals surface area contributed by atoms with Crippen molar-refractivity contribution in [2.75, 3.05) is 16.8 Å². The maximum atomic E-state index is 5.79. The first-order chi connectivity index (χ1) is 14.7. The third-order valence-corrected chi connectivity index (χ3v) is 6.04. The third kappa shape index (κ3) is 4.88. The molecule has 154 valence electrons. The van der Waals surface area contributed by atoms with Gasteiger partial charge >= 0.3 is 0 Å². The van der Waals surface area contributed by atoms with E-state index in [-0.39, 0.29) is 0 Å². The van der Waals surface area contributed by atoms with Gasteiger partial charge in [-0.05, 0) is 66.6 Å². The minimum Gasteiger partial charge on any atom is -0.365 e. The quantitative estimate of drug-likeness (QED) is 0.328. The van der Waals surface area contributed by atoms with Crippen LogP contribution < -0.4 is 10.2 Å². The van der Waals surface area contributed by atoms with Crippen molar-refractivity contribution in [1.82, 2.24) is 4.98 Å². The molecule has 0 unspecified atom stereocenters. The number of anilines is 3. The lowest BCUT2D eigenvalue weighted by Crippen LogP contribution is -2.30. The van der Waals surface area contributed by atoms with E-state index in [4.69, 9.17) is 12.2 Å². The molecule has 0 spiro atoms. The Balaban J connectivity index is 1.73. The summed E-state index contributed by atoms with van der Waals surface area (Å²) in [5.74, 6) is 0.863. The monoisotopic (exact) mass is 415 g/mol. The number of nitrogens with zero attached hydrogens (tertiary/aromatic N) is 2. The standard InChI is InChI=1S/C26H29N3S/c1-2-3-13-24(30)22-17-21-12-9-16-29(19-20-10-5-4-6-11-20)26(21)23(18-22)28-25-14-7-8-15-27-25/h4-8,10-11,14-15,17-18H,2-3,9,12-13,16,19H2,1H3,(H,27,28). The summed E-state index contributed by atoms with van der Waals surface area (Å²) >= 11 is 5.79. The molecule has 30 heavy (non-hydrogen) atoms. The first-order valence-electron chi connectivity index (χ1n) is 10.9. The first kappa shape index (κ1) is 20.5. The molecular formula is C26H29N3S. The topological polar surface area (TPSA) is 28.2 Å². The van der Waals surface area contributed by atoms with E-state index < -0.39 is 0 Å². The predicted molar refractivity (Wildman–Crippen MR) is 131 cm³/mol. The number of pyridine rings is 1. The van der Waals surface area contributed by atoms with Gasteiger partial charge in [-0.1, -0.05) is 62.0 Å². The van der Waals surface area contributed by atoms with E-state index in [9.17, 15) is 0 Å². The molecule has 2 heterocycles. The predicted octanol–water partition coefficient (Wildman–Crippen LogP) is 6.69. The highest BCUT2D eigenvalue weighted by molar-refractivity contribution is 7.80. The Morgan fingerprint density at radius 3 is 2.70 bits per heavy atom. The third-order valence-electron chi connectivity index (χ3n) is 5.60. The van der Waals surface area contributed by atoms with Crippen LogP contribution in [0.5, 0.6) is 0 Å². The number of benzene rings is 2. The normalized spacial score (nSPS) is 13.0. The minimum atomic E-state index is 0.863. The van der Waals surface area contributed by atoms with Crippen molar-refractivity contribution in [3.63, 3.8) is 0 Å². The lowest BCUT2D eigenvalue weighted by Gasteiger charge is -2.34. The molecule has 0 radical (unpaired) electrons. The van der Waals surface area contributed by atoms with E-state index in [1.165, 1.54) is 22.4 Å². The SMILES string of the molecule is CCCCC(=S)c1cc2c(c(Nc3ccccn3)c1)N(Cc1ccccc1)CCC2. The van der Waals surface area contributed by atoms with Crippen LogP contribution in [0.25, 0.3) is 0 Å². The smallest absolute Gasteiger partial charge is 0.130 e. The molecule has 0 bridgehead atoms. The van der Waals surface area contributed by atoms with E-state index in [2.05, 4.69) is 64.6 Å². The molecule has 1 aliphatic rings. The van der Waals surface area contributed by atoms with Crippen molar-refractivity contribution in [3.8, 4) is 0 Å². The molecule has 4 rings (SSSR count). The highest BCUT2D eigenvalue weighted by Crippen LogP contribution is 2.38. The fraction of sp³-hybridized carbons (Fsp3) is 0.308. The fourth-order valence-corrected chi connectivity index (χ4v) is 4.37. The molecule has 0 amide bonds. The van der Waals surface area contributed by atoms with Gasteiger partial charge in [0.05, 0.1) is 11.4 Å². The average Bonchev–Trinajstić information content (AvgIpc) is 2.78. The first-order valence-corrected chi connectivity index (χ1v) is 11.3. The van der Waals surface area contributed by atoms with Gasteiger partial charge in [0.25, 0.3) is 0 Å². The second-order valence-corrected chi connectivity index (χ2v) is 8.40. The van der Waals surface area contributed by atoms with Gasteiger partial charge in [-0.25, -0.2) is 4.98 Å². The van der Waals surface area contributed by atoms with Gasteiger partial charge in [0, 0.05) is 24.2 Å². The largest absolute Gasteiger partial charge is 0.365 e. The van der Waals surface area contributed by atoms with E-state index in [1.54, 1.807) is 0 Å². The summed E-state index contributed by atoms with van der Waals surface area (Å²) in [6.07, 6.45) is 7.34. The van der Waals surface area contributed by atoms with Crippen molar-refractivity contribution < 1.29 is 0 Å². The van der Waals surface area contributed by atoms with Crippen molar-refractivity contribution in [2.24, 2.45) is 0 Å². The van der Waals surface area contributed by atoms with Gasteiger partial charge in [0.1, 0.15) is 5.82 Å². The maximum absolute atomic E-state index is 5.79. The Labute approximate surface area is 185 Å². The molecule has 1 N–H and O–H groups in total. The molecule has 0 atom stereocenters. The van der Waals surface area contributed by atoms with E-state index in [0.29, 0.717) is 0 Å². The van der Waals surface area contributed by atoms with Crippen molar-refractivity contribution in [3.05, 3.63) is 83.6 Å². The highest BCUT2D eigenvalue weighted by atomic mass is 32.1. The number of unbranched alkanes of at least 4 members (excludes halogenated alkanes) is 1. The molecule has 1 aromatic heterocycles. The number of thiocarbonyl (C=S) groups is 1. The molecule has 0 saturated carbocycles. The van der Waals surface area contributed by atoms with Gasteiger partial charge < -0.3 is 10.2 Å². The minimum absolute atomic E-state index is 0.863. The second kappa shape index (κ2) is 9.86. The van der Waals surface area contributed by atoms with E-state index in [0.717, 1.165) is 61.6 Å². The molecule has 2 aromatic carbocycles. The molecule has 3 aromatic rings. The summed E-state index contributed by atoms with van der Waals surface area (Å²) < 4.78 is 0. The zero-order valence-corrected chi connectivity index (χ0v) is 18.4. The van der Waals surface area contributed by atoms with E-state index in [1.807, 2.05) is 24.4 Å². The van der Waals surface area contributed by atoms with E-state index >= 15 is 0 Å². The molecule has 0 aliphatic carbocycles. The molecule has 1 aliphatic heterocycles. The fourth-order valence-electron chi connectivity index (χ4n) is 4.11. The van der Waals surface area contributed by atoms with Crippen molar-refractivity contribution >= 4 is 34.3 Å². The van der Waals surface area contributed by atoms with Gasteiger partial charge in [0.15, 0.2) is 0 Å². The molecule has 4 heteroatoms. The summed E-state index contributed by atoms with van der Waals surface area (Å²) in [6, 6.07) is 21.2. The van der Waals surface area contributed by atoms with Gasteiger partial charge in [0.2, 0.25) is 0 Å². The number of nitrogens with one attached hydrogen (secondary N) is 1. The van der Waals surface area contributed by atoms with Gasteiger partial charge in [-0.15, -0.1) is 0 Å². The van der Waals surface area contributed by atoms with Crippen LogP contribution in [0.2, 0.25) is 0 Å². The Morgan fingerprint density at radius 1 is 1.10 bits per heavy atom. The van der Waals surface area contributed by atoms with Crippen LogP contribution in [0, 0.1) is 0 Å². The number of fused-ring (bicyclic) bond motifs is 1. The summed E-state index contributed by atoms with van der Waals surface area (Å²) in [5.41, 5.74) is 6.29. The molecule has 0 saturated heterocycles.